The molecule has 1 saturated heterocycles. The van der Waals surface area contributed by atoms with Crippen LogP contribution in [0.25, 0.3) is 0 Å². The molecule has 4 rings (SSSR count). The fourth-order valence-corrected chi connectivity index (χ4v) is 3.53. The molecule has 0 amide bonds. The van der Waals surface area contributed by atoms with Crippen molar-refractivity contribution in [2.75, 3.05) is 47.4 Å². The van der Waals surface area contributed by atoms with Crippen LogP contribution in [0.1, 0.15) is 12.5 Å². The van der Waals surface area contributed by atoms with Crippen molar-refractivity contribution in [3.8, 4) is 0 Å². The van der Waals surface area contributed by atoms with Gasteiger partial charge in [0, 0.05) is 45.0 Å². The highest BCUT2D eigenvalue weighted by molar-refractivity contribution is 5.49. The molecule has 1 aliphatic heterocycles. The van der Waals surface area contributed by atoms with Gasteiger partial charge in [-0.25, -0.2) is 0 Å². The molecular formula is C22H26N6. The van der Waals surface area contributed by atoms with E-state index < -0.39 is 0 Å². The second kappa shape index (κ2) is 8.69. The van der Waals surface area contributed by atoms with E-state index in [9.17, 15) is 0 Å². The number of para-hydroxylation sites is 1. The fourth-order valence-electron chi connectivity index (χ4n) is 3.53. The van der Waals surface area contributed by atoms with E-state index in [1.165, 1.54) is 11.3 Å². The minimum absolute atomic E-state index is 0.689. The Hall–Kier alpha value is -3.15. The van der Waals surface area contributed by atoms with Gasteiger partial charge in [0.1, 0.15) is 0 Å². The third-order valence-corrected chi connectivity index (χ3v) is 5.14. The summed E-state index contributed by atoms with van der Waals surface area (Å²) in [7, 11) is 0. The van der Waals surface area contributed by atoms with E-state index in [4.69, 9.17) is 4.98 Å². The number of piperazine rings is 1. The van der Waals surface area contributed by atoms with E-state index in [1.54, 1.807) is 6.20 Å². The maximum Gasteiger partial charge on any atom is 0.247 e. The SMILES string of the molecule is CCN(Cc1ccccc1)c1nncc(N2CCN(c3ccccc3)CC2)n1. The van der Waals surface area contributed by atoms with Crippen LogP contribution < -0.4 is 14.7 Å². The van der Waals surface area contributed by atoms with Crippen molar-refractivity contribution in [2.45, 2.75) is 13.5 Å². The zero-order valence-electron chi connectivity index (χ0n) is 16.3. The quantitative estimate of drug-likeness (QED) is 0.660. The van der Waals surface area contributed by atoms with Gasteiger partial charge in [-0.05, 0) is 24.6 Å². The van der Waals surface area contributed by atoms with Crippen LogP contribution in [0, 0.1) is 0 Å². The van der Waals surface area contributed by atoms with Gasteiger partial charge in [0.15, 0.2) is 5.82 Å². The van der Waals surface area contributed by atoms with Crippen molar-refractivity contribution >= 4 is 17.5 Å². The maximum absolute atomic E-state index is 4.82. The summed E-state index contributed by atoms with van der Waals surface area (Å²) in [4.78, 5) is 11.7. The molecule has 1 fully saturated rings. The van der Waals surface area contributed by atoms with Crippen molar-refractivity contribution in [1.29, 1.82) is 0 Å². The molecule has 0 saturated carbocycles. The molecular weight excluding hydrogens is 348 g/mol. The van der Waals surface area contributed by atoms with Gasteiger partial charge in [-0.3, -0.25) is 0 Å². The summed E-state index contributed by atoms with van der Waals surface area (Å²) in [5, 5.41) is 8.53. The molecule has 6 heteroatoms. The first-order chi connectivity index (χ1) is 13.8. The van der Waals surface area contributed by atoms with Crippen LogP contribution in [-0.2, 0) is 6.54 Å². The summed E-state index contributed by atoms with van der Waals surface area (Å²) in [5.74, 6) is 1.60. The standard InChI is InChI=1S/C22H26N6/c1-2-26(18-19-9-5-3-6-10-19)22-24-21(17-23-25-22)28-15-13-27(14-16-28)20-11-7-4-8-12-20/h3-12,17H,2,13-16,18H2,1H3. The van der Waals surface area contributed by atoms with Crippen LogP contribution in [-0.4, -0.2) is 47.9 Å². The number of nitrogens with zero attached hydrogens (tertiary/aromatic N) is 6. The Bertz CT molecular complexity index is 862. The highest BCUT2D eigenvalue weighted by Gasteiger charge is 2.20. The molecule has 6 nitrogen and oxygen atoms in total. The number of hydrogen-bond donors (Lipinski definition) is 0. The van der Waals surface area contributed by atoms with E-state index in [-0.39, 0.29) is 0 Å². The Morgan fingerprint density at radius 3 is 2.18 bits per heavy atom. The lowest BCUT2D eigenvalue weighted by Gasteiger charge is -2.36. The smallest absolute Gasteiger partial charge is 0.247 e. The van der Waals surface area contributed by atoms with Crippen LogP contribution in [0.3, 0.4) is 0 Å². The van der Waals surface area contributed by atoms with Crippen molar-refractivity contribution in [1.82, 2.24) is 15.2 Å². The third kappa shape index (κ3) is 4.22. The van der Waals surface area contributed by atoms with Crippen LogP contribution in [0.5, 0.6) is 0 Å². The summed E-state index contributed by atoms with van der Waals surface area (Å²) in [6, 6.07) is 21.0. The van der Waals surface area contributed by atoms with Gasteiger partial charge in [0.05, 0.1) is 6.20 Å². The predicted octanol–water partition coefficient (Wildman–Crippen LogP) is 3.22. The molecule has 0 radical (unpaired) electrons. The Labute approximate surface area is 166 Å². The van der Waals surface area contributed by atoms with Gasteiger partial charge in [-0.2, -0.15) is 10.1 Å². The highest BCUT2D eigenvalue weighted by atomic mass is 15.4. The van der Waals surface area contributed by atoms with Crippen LogP contribution in [0.15, 0.2) is 66.9 Å². The minimum Gasteiger partial charge on any atom is -0.368 e. The van der Waals surface area contributed by atoms with Crippen molar-refractivity contribution < 1.29 is 0 Å². The van der Waals surface area contributed by atoms with Crippen molar-refractivity contribution in [3.05, 3.63) is 72.4 Å². The first-order valence-electron chi connectivity index (χ1n) is 9.87. The molecule has 1 aliphatic rings. The average Bonchev–Trinajstić information content (AvgIpc) is 2.79. The molecule has 144 valence electrons. The number of benzene rings is 2. The largest absolute Gasteiger partial charge is 0.368 e. The summed E-state index contributed by atoms with van der Waals surface area (Å²) in [6.07, 6.45) is 1.78. The molecule has 0 atom stereocenters. The first kappa shape index (κ1) is 18.2. The summed E-state index contributed by atoms with van der Waals surface area (Å²) in [6.45, 7) is 7.55. The van der Waals surface area contributed by atoms with Gasteiger partial charge in [-0.1, -0.05) is 48.5 Å². The molecule has 2 aromatic carbocycles. The Morgan fingerprint density at radius 2 is 1.50 bits per heavy atom. The zero-order chi connectivity index (χ0) is 19.2. The molecule has 0 unspecified atom stereocenters. The molecule has 0 N–H and O–H groups in total. The molecule has 28 heavy (non-hydrogen) atoms. The van der Waals surface area contributed by atoms with E-state index in [0.29, 0.717) is 5.95 Å². The Kier molecular flexibility index (Phi) is 5.66. The van der Waals surface area contributed by atoms with Gasteiger partial charge >= 0.3 is 0 Å². The first-order valence-corrected chi connectivity index (χ1v) is 9.87. The van der Waals surface area contributed by atoms with E-state index >= 15 is 0 Å². The second-order valence-corrected chi connectivity index (χ2v) is 6.92. The van der Waals surface area contributed by atoms with Gasteiger partial charge in [-0.15, -0.1) is 5.10 Å². The number of hydrogen-bond acceptors (Lipinski definition) is 6. The summed E-state index contributed by atoms with van der Waals surface area (Å²) < 4.78 is 0. The number of anilines is 3. The zero-order valence-corrected chi connectivity index (χ0v) is 16.3. The van der Waals surface area contributed by atoms with Crippen molar-refractivity contribution in [2.24, 2.45) is 0 Å². The van der Waals surface area contributed by atoms with Gasteiger partial charge < -0.3 is 14.7 Å². The lowest BCUT2D eigenvalue weighted by molar-refractivity contribution is 0.642. The predicted molar refractivity (Wildman–Crippen MR) is 114 cm³/mol. The number of rotatable bonds is 6. The fraction of sp³-hybridized carbons (Fsp3) is 0.318. The Morgan fingerprint density at radius 1 is 0.857 bits per heavy atom. The maximum atomic E-state index is 4.82. The molecule has 1 aromatic heterocycles. The second-order valence-electron chi connectivity index (χ2n) is 6.92. The van der Waals surface area contributed by atoms with Crippen LogP contribution in [0.4, 0.5) is 17.5 Å². The monoisotopic (exact) mass is 374 g/mol. The Balaban J connectivity index is 1.43. The average molecular weight is 374 g/mol. The van der Waals surface area contributed by atoms with Crippen LogP contribution in [0.2, 0.25) is 0 Å². The van der Waals surface area contributed by atoms with E-state index in [0.717, 1.165) is 45.1 Å². The third-order valence-electron chi connectivity index (χ3n) is 5.14. The van der Waals surface area contributed by atoms with E-state index in [2.05, 4.69) is 86.4 Å². The lowest BCUT2D eigenvalue weighted by atomic mass is 10.2. The van der Waals surface area contributed by atoms with Gasteiger partial charge in [0.25, 0.3) is 0 Å². The topological polar surface area (TPSA) is 48.4 Å². The molecule has 0 bridgehead atoms. The summed E-state index contributed by atoms with van der Waals surface area (Å²) in [5.41, 5.74) is 2.53. The highest BCUT2D eigenvalue weighted by Crippen LogP contribution is 2.20. The molecule has 0 aliphatic carbocycles. The van der Waals surface area contributed by atoms with Gasteiger partial charge in [0.2, 0.25) is 5.95 Å². The lowest BCUT2D eigenvalue weighted by Crippen LogP contribution is -2.47. The number of aromatic nitrogens is 3. The van der Waals surface area contributed by atoms with Crippen LogP contribution >= 0.6 is 0 Å². The molecule has 3 aromatic rings. The van der Waals surface area contributed by atoms with Crippen molar-refractivity contribution in [3.63, 3.8) is 0 Å². The molecule has 0 spiro atoms. The van der Waals surface area contributed by atoms with E-state index in [1.807, 2.05) is 6.07 Å². The normalized spacial score (nSPS) is 14.2. The minimum atomic E-state index is 0.689. The summed E-state index contributed by atoms with van der Waals surface area (Å²) >= 11 is 0. The molecule has 2 heterocycles.